The maximum atomic E-state index is 13.7. The van der Waals surface area contributed by atoms with Crippen LogP contribution in [-0.4, -0.2) is 82.4 Å². The van der Waals surface area contributed by atoms with Gasteiger partial charge < -0.3 is 44.8 Å². The molecule has 0 bridgehead atoms. The van der Waals surface area contributed by atoms with Crippen LogP contribution in [0.5, 0.6) is 17.2 Å². The molecule has 0 saturated carbocycles. The number of ether oxygens (including phenoxy) is 4. The van der Waals surface area contributed by atoms with Crippen LogP contribution in [0.1, 0.15) is 72.9 Å². The summed E-state index contributed by atoms with van der Waals surface area (Å²) >= 11 is 0. The molecule has 4 atom stereocenters. The van der Waals surface area contributed by atoms with E-state index in [4.69, 9.17) is 29.1 Å². The van der Waals surface area contributed by atoms with E-state index in [1.807, 2.05) is 19.1 Å². The van der Waals surface area contributed by atoms with Gasteiger partial charge in [-0.1, -0.05) is 47.1 Å². The molecule has 0 radical (unpaired) electrons. The van der Waals surface area contributed by atoms with E-state index in [0.717, 1.165) is 0 Å². The molecule has 5 N–H and O–H groups in total. The van der Waals surface area contributed by atoms with E-state index in [0.29, 0.717) is 45.9 Å². The monoisotopic (exact) mass is 745 g/mol. The maximum Gasteiger partial charge on any atom is 0.408 e. The Bertz CT molecular complexity index is 1580. The number of amides is 2. The van der Waals surface area contributed by atoms with E-state index in [9.17, 15) is 24.3 Å². The second-order valence-corrected chi connectivity index (χ2v) is 20.2. The smallest absolute Gasteiger partial charge is 0.408 e. The minimum Gasteiger partial charge on any atom is -0.541 e. The first-order chi connectivity index (χ1) is 24.0. The Morgan fingerprint density at radius 2 is 1.48 bits per heavy atom. The number of alkyl carbamates (subject to hydrolysis) is 1. The number of methoxy groups -OCH3 is 3. The SMILES string of the molecule is CC[C@H](C)[C@H](NC(=O)[C@H](Cc1ccc(OC)c(-c2cc(C[C@H](N)C(=O)OC)cc(O[Si](C)(C)C(C)(C)C)c2OC)c1)NC(=O)OC(C)(C)C)C(=O)O. The minimum atomic E-state index is -2.41. The lowest BCUT2D eigenvalue weighted by molar-refractivity contribution is -0.143. The fourth-order valence-electron chi connectivity index (χ4n) is 5.10. The van der Waals surface area contributed by atoms with Crippen molar-refractivity contribution in [1.82, 2.24) is 10.6 Å². The van der Waals surface area contributed by atoms with E-state index in [2.05, 4.69) is 44.5 Å². The number of carbonyl (C=O) groups excluding carboxylic acids is 3. The predicted octanol–water partition coefficient (Wildman–Crippen LogP) is 5.85. The van der Waals surface area contributed by atoms with E-state index in [-0.39, 0.29) is 23.8 Å². The Labute approximate surface area is 309 Å². The van der Waals surface area contributed by atoms with E-state index < -0.39 is 56.0 Å². The molecule has 0 aliphatic rings. The standard InChI is InChI=1S/C38H59N3O10Si/c1-14-22(2)31(34(43)44)41-33(42)28(40-36(46)50-37(3,4)5)20-23-15-16-29(47-9)25(17-23)26-18-24(19-27(39)35(45)49-11)21-30(32(26)48-10)51-52(12,13)38(6,7)8/h15-18,21-22,27-28,31H,14,19-20,39H2,1-13H3,(H,40,46)(H,41,42)(H,43,44)/t22-,27-,28-,31-/m0/s1. The molecule has 290 valence electrons. The molecule has 0 aliphatic carbocycles. The molecule has 0 aromatic heterocycles. The summed E-state index contributed by atoms with van der Waals surface area (Å²) in [6.45, 7) is 19.2. The average Bonchev–Trinajstić information content (AvgIpc) is 3.03. The molecule has 2 amide bonds. The zero-order valence-electron chi connectivity index (χ0n) is 33.0. The first kappa shape index (κ1) is 43.9. The van der Waals surface area contributed by atoms with Crippen LogP contribution in [0.15, 0.2) is 30.3 Å². The normalized spacial score (nSPS) is 14.3. The van der Waals surface area contributed by atoms with Gasteiger partial charge in [-0.15, -0.1) is 0 Å². The van der Waals surface area contributed by atoms with Gasteiger partial charge >= 0.3 is 18.0 Å². The molecular formula is C38H59N3O10Si. The third-order valence-corrected chi connectivity index (χ3v) is 13.6. The summed E-state index contributed by atoms with van der Waals surface area (Å²) in [6, 6.07) is 5.63. The Balaban J connectivity index is 2.79. The lowest BCUT2D eigenvalue weighted by Crippen LogP contribution is -2.54. The molecule has 2 rings (SSSR count). The number of nitrogens with one attached hydrogen (secondary N) is 2. The van der Waals surface area contributed by atoms with Gasteiger partial charge in [0.05, 0.1) is 21.3 Å². The molecule has 0 spiro atoms. The van der Waals surface area contributed by atoms with Crippen molar-refractivity contribution in [2.45, 2.75) is 117 Å². The highest BCUT2D eigenvalue weighted by atomic mass is 28.4. The number of benzene rings is 2. The van der Waals surface area contributed by atoms with Crippen LogP contribution >= 0.6 is 0 Å². The summed E-state index contributed by atoms with van der Waals surface area (Å²) in [5.74, 6) is -1.43. The molecule has 52 heavy (non-hydrogen) atoms. The van der Waals surface area contributed by atoms with Crippen LogP contribution in [0.25, 0.3) is 11.1 Å². The van der Waals surface area contributed by atoms with E-state index in [1.54, 1.807) is 45.9 Å². The summed E-state index contributed by atoms with van der Waals surface area (Å²) in [4.78, 5) is 51.1. The van der Waals surface area contributed by atoms with Crippen LogP contribution in [0.4, 0.5) is 4.79 Å². The fraction of sp³-hybridized carbons (Fsp3) is 0.579. The summed E-state index contributed by atoms with van der Waals surface area (Å²) in [7, 11) is 1.93. The van der Waals surface area contributed by atoms with Crippen molar-refractivity contribution >= 4 is 32.3 Å². The Kier molecular flexibility index (Phi) is 15.1. The van der Waals surface area contributed by atoms with Crippen molar-refractivity contribution < 1.29 is 47.7 Å². The molecule has 0 heterocycles. The number of hydrogen-bond acceptors (Lipinski definition) is 10. The average molecular weight is 746 g/mol. The highest BCUT2D eigenvalue weighted by Gasteiger charge is 2.40. The molecule has 2 aromatic carbocycles. The number of esters is 1. The predicted molar refractivity (Wildman–Crippen MR) is 202 cm³/mol. The minimum absolute atomic E-state index is 0.0303. The van der Waals surface area contributed by atoms with Crippen LogP contribution in [0.2, 0.25) is 18.1 Å². The third kappa shape index (κ3) is 11.9. The molecule has 0 fully saturated rings. The molecule has 0 aliphatic heterocycles. The fourth-order valence-corrected chi connectivity index (χ4v) is 6.11. The number of rotatable bonds is 16. The quantitative estimate of drug-likeness (QED) is 0.119. The van der Waals surface area contributed by atoms with Gasteiger partial charge in [0, 0.05) is 17.5 Å². The molecular weight excluding hydrogens is 687 g/mol. The van der Waals surface area contributed by atoms with E-state index >= 15 is 0 Å². The summed E-state index contributed by atoms with van der Waals surface area (Å²) in [5, 5.41) is 15.0. The van der Waals surface area contributed by atoms with Crippen LogP contribution in [-0.2, 0) is 36.7 Å². The van der Waals surface area contributed by atoms with Gasteiger partial charge in [0.2, 0.25) is 5.91 Å². The molecule has 0 unspecified atom stereocenters. The number of hydrogen-bond donors (Lipinski definition) is 4. The highest BCUT2D eigenvalue weighted by molar-refractivity contribution is 6.74. The Morgan fingerprint density at radius 1 is 0.865 bits per heavy atom. The lowest BCUT2D eigenvalue weighted by atomic mass is 9.94. The Morgan fingerprint density at radius 3 is 1.98 bits per heavy atom. The molecule has 2 aromatic rings. The zero-order chi connectivity index (χ0) is 39.8. The van der Waals surface area contributed by atoms with Crippen LogP contribution in [0, 0.1) is 5.92 Å². The van der Waals surface area contributed by atoms with Crippen molar-refractivity contribution in [1.29, 1.82) is 0 Å². The van der Waals surface area contributed by atoms with Gasteiger partial charge in [0.15, 0.2) is 5.75 Å². The first-order valence-electron chi connectivity index (χ1n) is 17.4. The summed E-state index contributed by atoms with van der Waals surface area (Å²) < 4.78 is 28.9. The van der Waals surface area contributed by atoms with Gasteiger partial charge in [0.25, 0.3) is 8.32 Å². The number of nitrogens with two attached hydrogens (primary N) is 1. The van der Waals surface area contributed by atoms with Crippen molar-refractivity contribution in [3.8, 4) is 28.4 Å². The van der Waals surface area contributed by atoms with Crippen molar-refractivity contribution in [3.05, 3.63) is 41.5 Å². The molecule has 0 saturated heterocycles. The second kappa shape index (κ2) is 18.0. The summed E-state index contributed by atoms with van der Waals surface area (Å²) in [5.41, 5.74) is 7.80. The highest BCUT2D eigenvalue weighted by Crippen LogP contribution is 2.46. The largest absolute Gasteiger partial charge is 0.541 e. The van der Waals surface area contributed by atoms with Gasteiger partial charge in [-0.25, -0.2) is 9.59 Å². The number of carboxylic acids is 1. The third-order valence-electron chi connectivity index (χ3n) is 9.23. The van der Waals surface area contributed by atoms with Gasteiger partial charge in [-0.2, -0.15) is 0 Å². The van der Waals surface area contributed by atoms with Gasteiger partial charge in [-0.05, 0) is 86.6 Å². The molecule has 13 nitrogen and oxygen atoms in total. The van der Waals surface area contributed by atoms with Gasteiger partial charge in [-0.3, -0.25) is 9.59 Å². The second-order valence-electron chi connectivity index (χ2n) is 15.5. The van der Waals surface area contributed by atoms with Gasteiger partial charge in [0.1, 0.15) is 35.2 Å². The van der Waals surface area contributed by atoms with Crippen molar-refractivity contribution in [2.24, 2.45) is 11.7 Å². The van der Waals surface area contributed by atoms with Crippen LogP contribution < -0.4 is 30.3 Å². The number of carboxylic acid groups (broad SMARTS) is 1. The lowest BCUT2D eigenvalue weighted by Gasteiger charge is -2.37. The Hall–Kier alpha value is -4.30. The van der Waals surface area contributed by atoms with Crippen molar-refractivity contribution in [3.63, 3.8) is 0 Å². The molecule has 14 heteroatoms. The number of aliphatic carboxylic acids is 1. The van der Waals surface area contributed by atoms with Crippen LogP contribution in [0.3, 0.4) is 0 Å². The topological polar surface area (TPSA) is 185 Å². The van der Waals surface area contributed by atoms with E-state index in [1.165, 1.54) is 21.3 Å². The number of carbonyl (C=O) groups is 4. The zero-order valence-corrected chi connectivity index (χ0v) is 34.0. The first-order valence-corrected chi connectivity index (χ1v) is 20.3. The summed E-state index contributed by atoms with van der Waals surface area (Å²) in [6.07, 6.45) is -0.212. The van der Waals surface area contributed by atoms with Crippen molar-refractivity contribution in [2.75, 3.05) is 21.3 Å². The maximum absolute atomic E-state index is 13.7.